The van der Waals surface area contributed by atoms with Gasteiger partial charge in [-0.1, -0.05) is 60.2 Å². The monoisotopic (exact) mass is 383 g/mol. The van der Waals surface area contributed by atoms with E-state index in [1.54, 1.807) is 6.07 Å². The molecule has 0 N–H and O–H groups in total. The van der Waals surface area contributed by atoms with Crippen molar-refractivity contribution in [3.05, 3.63) is 107 Å². The van der Waals surface area contributed by atoms with Crippen molar-refractivity contribution in [1.82, 2.24) is 0 Å². The van der Waals surface area contributed by atoms with Gasteiger partial charge in [-0.2, -0.15) is 0 Å². The van der Waals surface area contributed by atoms with Crippen molar-refractivity contribution in [2.24, 2.45) is 4.99 Å². The average Bonchev–Trinajstić information content (AvgIpc) is 2.72. The molecule has 2 nitrogen and oxygen atoms in total. The zero-order chi connectivity index (χ0) is 20.2. The van der Waals surface area contributed by atoms with Crippen molar-refractivity contribution in [2.75, 3.05) is 0 Å². The lowest BCUT2D eigenvalue weighted by molar-refractivity contribution is 0.305. The Morgan fingerprint density at radius 2 is 1.76 bits per heavy atom. The van der Waals surface area contributed by atoms with E-state index in [1.165, 1.54) is 17.7 Å². The van der Waals surface area contributed by atoms with E-state index >= 15 is 0 Å². The summed E-state index contributed by atoms with van der Waals surface area (Å²) in [6, 6.07) is 24.8. The Kier molecular flexibility index (Phi) is 5.39. The highest BCUT2D eigenvalue weighted by Crippen LogP contribution is 2.29. The maximum Gasteiger partial charge on any atom is 0.129 e. The fraction of sp³-hybridized carbons (Fsp3) is 0.115. The molecular weight excluding hydrogens is 361 g/mol. The lowest BCUT2D eigenvalue weighted by atomic mass is 10.0. The predicted octanol–water partition coefficient (Wildman–Crippen LogP) is 6.93. The Bertz CT molecular complexity index is 1200. The lowest BCUT2D eigenvalue weighted by Crippen LogP contribution is -1.99. The van der Waals surface area contributed by atoms with Gasteiger partial charge in [0, 0.05) is 11.8 Å². The summed E-state index contributed by atoms with van der Waals surface area (Å²) < 4.78 is 19.5. The summed E-state index contributed by atoms with van der Waals surface area (Å²) in [5, 5.41) is 2.19. The molecule has 0 amide bonds. The number of aryl methyl sites for hydroxylation is 2. The fourth-order valence-corrected chi connectivity index (χ4v) is 3.41. The molecule has 0 fully saturated rings. The highest BCUT2D eigenvalue weighted by molar-refractivity contribution is 6.03. The summed E-state index contributed by atoms with van der Waals surface area (Å²) in [5.41, 5.74) is 4.98. The number of aliphatic imine (C=N–C) groups is 1. The number of nitrogens with zero attached hydrogens (tertiary/aromatic N) is 1. The number of benzene rings is 4. The third kappa shape index (κ3) is 4.35. The Morgan fingerprint density at radius 3 is 2.59 bits per heavy atom. The molecule has 0 bridgehead atoms. The standard InChI is InChI=1S/C26H22FNO/c1-18-10-12-25(19(2)14-18)28-16-24-23-9-4-3-7-21(23)11-13-26(24)29-17-20-6-5-8-22(27)15-20/h3-16H,17H2,1-2H3. The van der Waals surface area contributed by atoms with Crippen LogP contribution in [0.5, 0.6) is 5.75 Å². The third-order valence-corrected chi connectivity index (χ3v) is 4.90. The van der Waals surface area contributed by atoms with Crippen LogP contribution in [0.4, 0.5) is 10.1 Å². The molecule has 0 aliphatic carbocycles. The topological polar surface area (TPSA) is 21.6 Å². The minimum Gasteiger partial charge on any atom is -0.488 e. The van der Waals surface area contributed by atoms with Gasteiger partial charge in [0.25, 0.3) is 0 Å². The van der Waals surface area contributed by atoms with Gasteiger partial charge in [-0.15, -0.1) is 0 Å². The molecule has 144 valence electrons. The third-order valence-electron chi connectivity index (χ3n) is 4.90. The van der Waals surface area contributed by atoms with E-state index in [0.717, 1.165) is 38.9 Å². The second-order valence-corrected chi connectivity index (χ2v) is 7.17. The van der Waals surface area contributed by atoms with E-state index < -0.39 is 0 Å². The van der Waals surface area contributed by atoms with E-state index in [1.807, 2.05) is 42.6 Å². The van der Waals surface area contributed by atoms with Crippen molar-refractivity contribution >= 4 is 22.7 Å². The van der Waals surface area contributed by atoms with Crippen LogP contribution in [0, 0.1) is 19.7 Å². The second kappa shape index (κ2) is 8.27. The van der Waals surface area contributed by atoms with Gasteiger partial charge in [-0.05, 0) is 60.0 Å². The van der Waals surface area contributed by atoms with E-state index in [9.17, 15) is 4.39 Å². The highest BCUT2D eigenvalue weighted by Gasteiger charge is 2.08. The number of hydrogen-bond acceptors (Lipinski definition) is 2. The molecule has 4 aromatic rings. The summed E-state index contributed by atoms with van der Waals surface area (Å²) >= 11 is 0. The average molecular weight is 383 g/mol. The molecule has 0 radical (unpaired) electrons. The summed E-state index contributed by atoms with van der Waals surface area (Å²) in [6.45, 7) is 4.42. The molecule has 0 saturated carbocycles. The lowest BCUT2D eigenvalue weighted by Gasteiger charge is -2.12. The molecular formula is C26H22FNO. The summed E-state index contributed by atoms with van der Waals surface area (Å²) in [4.78, 5) is 4.73. The molecule has 0 aliphatic heterocycles. The van der Waals surface area contributed by atoms with Crippen molar-refractivity contribution in [3.8, 4) is 5.75 Å². The van der Waals surface area contributed by atoms with Gasteiger partial charge in [0.1, 0.15) is 18.2 Å². The number of fused-ring (bicyclic) bond motifs is 1. The first-order valence-electron chi connectivity index (χ1n) is 9.60. The molecule has 0 spiro atoms. The zero-order valence-electron chi connectivity index (χ0n) is 16.5. The van der Waals surface area contributed by atoms with Crippen molar-refractivity contribution in [2.45, 2.75) is 20.5 Å². The Morgan fingerprint density at radius 1 is 0.897 bits per heavy atom. The number of halogens is 1. The van der Waals surface area contributed by atoms with Crippen molar-refractivity contribution < 1.29 is 9.13 Å². The number of hydrogen-bond donors (Lipinski definition) is 0. The van der Waals surface area contributed by atoms with Gasteiger partial charge in [0.15, 0.2) is 0 Å². The molecule has 4 rings (SSSR count). The van der Waals surface area contributed by atoms with Gasteiger partial charge in [-0.3, -0.25) is 4.99 Å². The molecule has 0 atom stereocenters. The highest BCUT2D eigenvalue weighted by atomic mass is 19.1. The quantitative estimate of drug-likeness (QED) is 0.343. The van der Waals surface area contributed by atoms with Crippen LogP contribution < -0.4 is 4.74 Å². The van der Waals surface area contributed by atoms with E-state index in [4.69, 9.17) is 9.73 Å². The van der Waals surface area contributed by atoms with Crippen LogP contribution in [0.15, 0.2) is 83.9 Å². The Balaban J connectivity index is 1.71. The zero-order valence-corrected chi connectivity index (χ0v) is 16.5. The molecule has 0 aromatic heterocycles. The van der Waals surface area contributed by atoms with Gasteiger partial charge in [-0.25, -0.2) is 4.39 Å². The number of ether oxygens (including phenoxy) is 1. The first-order chi connectivity index (χ1) is 14.1. The van der Waals surface area contributed by atoms with E-state index in [0.29, 0.717) is 6.61 Å². The SMILES string of the molecule is Cc1ccc(N=Cc2c(OCc3cccc(F)c3)ccc3ccccc23)c(C)c1. The predicted molar refractivity (Wildman–Crippen MR) is 118 cm³/mol. The van der Waals surface area contributed by atoms with Crippen LogP contribution in [0.2, 0.25) is 0 Å². The molecule has 0 heterocycles. The minimum absolute atomic E-state index is 0.263. The minimum atomic E-state index is -0.263. The van der Waals surface area contributed by atoms with E-state index in [2.05, 4.69) is 38.1 Å². The second-order valence-electron chi connectivity index (χ2n) is 7.17. The Labute approximate surface area is 170 Å². The summed E-state index contributed by atoms with van der Waals surface area (Å²) in [5.74, 6) is 0.461. The van der Waals surface area contributed by atoms with Gasteiger partial charge in [0.05, 0.1) is 5.69 Å². The van der Waals surface area contributed by atoms with E-state index in [-0.39, 0.29) is 5.82 Å². The van der Waals surface area contributed by atoms with Crippen LogP contribution in [0.25, 0.3) is 10.8 Å². The van der Waals surface area contributed by atoms with Crippen LogP contribution in [0.3, 0.4) is 0 Å². The molecule has 3 heteroatoms. The smallest absolute Gasteiger partial charge is 0.129 e. The summed E-state index contributed by atoms with van der Waals surface area (Å²) in [7, 11) is 0. The molecule has 29 heavy (non-hydrogen) atoms. The number of rotatable bonds is 5. The molecule has 0 unspecified atom stereocenters. The van der Waals surface area contributed by atoms with Crippen LogP contribution in [-0.4, -0.2) is 6.21 Å². The van der Waals surface area contributed by atoms with Crippen molar-refractivity contribution in [3.63, 3.8) is 0 Å². The summed E-state index contributed by atoms with van der Waals surface area (Å²) in [6.07, 6.45) is 1.86. The molecule has 0 saturated heterocycles. The first kappa shape index (κ1) is 18.9. The van der Waals surface area contributed by atoms with Crippen LogP contribution in [0.1, 0.15) is 22.3 Å². The normalized spacial score (nSPS) is 11.3. The van der Waals surface area contributed by atoms with Crippen molar-refractivity contribution in [1.29, 1.82) is 0 Å². The fourth-order valence-electron chi connectivity index (χ4n) is 3.41. The maximum absolute atomic E-state index is 13.5. The largest absolute Gasteiger partial charge is 0.488 e. The van der Waals surface area contributed by atoms with Crippen LogP contribution in [-0.2, 0) is 6.61 Å². The maximum atomic E-state index is 13.5. The van der Waals surface area contributed by atoms with Crippen LogP contribution >= 0.6 is 0 Å². The van der Waals surface area contributed by atoms with Gasteiger partial charge < -0.3 is 4.74 Å². The molecule has 0 aliphatic rings. The Hall–Kier alpha value is -3.46. The van der Waals surface area contributed by atoms with Gasteiger partial charge in [0.2, 0.25) is 0 Å². The first-order valence-corrected chi connectivity index (χ1v) is 9.60. The molecule has 4 aromatic carbocycles. The van der Waals surface area contributed by atoms with Gasteiger partial charge >= 0.3 is 0 Å².